The number of aryl methyl sites for hydroxylation is 1. The van der Waals surface area contributed by atoms with Crippen LogP contribution in [0.2, 0.25) is 0 Å². The number of carbonyl (C=O) groups is 1. The predicted octanol–water partition coefficient (Wildman–Crippen LogP) is 4.04. The van der Waals surface area contributed by atoms with Crippen LogP contribution in [0.15, 0.2) is 28.8 Å². The molecule has 2 heterocycles. The van der Waals surface area contributed by atoms with E-state index in [0.29, 0.717) is 23.1 Å². The topological polar surface area (TPSA) is 77.2 Å². The maximum atomic E-state index is 11.5. The number of nitrogens with zero attached hydrogens (tertiary/aromatic N) is 2. The molecule has 0 bridgehead atoms. The maximum Gasteiger partial charge on any atom is 0.221 e. The van der Waals surface area contributed by atoms with Gasteiger partial charge in [0.15, 0.2) is 5.76 Å². The second-order valence-electron chi connectivity index (χ2n) is 6.45. The summed E-state index contributed by atoms with van der Waals surface area (Å²) in [6.07, 6.45) is 2.34. The lowest BCUT2D eigenvalue weighted by Gasteiger charge is -2.13. The number of benzene rings is 1. The summed E-state index contributed by atoms with van der Waals surface area (Å²) in [7, 11) is 1.60. The summed E-state index contributed by atoms with van der Waals surface area (Å²) in [5.74, 6) is 1.67. The van der Waals surface area contributed by atoms with Gasteiger partial charge in [-0.1, -0.05) is 5.16 Å². The number of pyridine rings is 1. The molecular weight excluding hydrogens is 318 g/mol. The first-order valence-corrected chi connectivity index (χ1v) is 8.29. The van der Waals surface area contributed by atoms with Gasteiger partial charge in [-0.25, -0.2) is 4.98 Å². The SMILES string of the molecule is COc1cc2c(C3CC3)cc(-c3cc(C)no3)nc2cc1NC(C)=O. The van der Waals surface area contributed by atoms with Crippen LogP contribution < -0.4 is 10.1 Å². The highest BCUT2D eigenvalue weighted by Crippen LogP contribution is 2.45. The highest BCUT2D eigenvalue weighted by atomic mass is 16.5. The van der Waals surface area contributed by atoms with Crippen LogP contribution in [0.4, 0.5) is 5.69 Å². The zero-order valence-corrected chi connectivity index (χ0v) is 14.4. The Bertz CT molecular complexity index is 973. The van der Waals surface area contributed by atoms with Crippen molar-refractivity contribution < 1.29 is 14.1 Å². The Hall–Kier alpha value is -2.89. The lowest BCUT2D eigenvalue weighted by Crippen LogP contribution is -2.07. The molecule has 1 amide bonds. The number of carbonyl (C=O) groups excluding carboxylic acids is 1. The molecule has 25 heavy (non-hydrogen) atoms. The van der Waals surface area contributed by atoms with E-state index >= 15 is 0 Å². The minimum absolute atomic E-state index is 0.151. The molecule has 1 aliphatic rings. The van der Waals surface area contributed by atoms with Crippen molar-refractivity contribution in [2.45, 2.75) is 32.6 Å². The van der Waals surface area contributed by atoms with Gasteiger partial charge < -0.3 is 14.6 Å². The van der Waals surface area contributed by atoms with E-state index in [4.69, 9.17) is 14.2 Å². The Kier molecular flexibility index (Phi) is 3.67. The minimum atomic E-state index is -0.151. The highest BCUT2D eigenvalue weighted by Gasteiger charge is 2.27. The van der Waals surface area contributed by atoms with E-state index in [1.54, 1.807) is 7.11 Å². The fourth-order valence-corrected chi connectivity index (χ4v) is 3.08. The Morgan fingerprint density at radius 2 is 2.08 bits per heavy atom. The fourth-order valence-electron chi connectivity index (χ4n) is 3.08. The van der Waals surface area contributed by atoms with Gasteiger partial charge in [-0.15, -0.1) is 0 Å². The number of rotatable bonds is 4. The van der Waals surface area contributed by atoms with Crippen LogP contribution in [0.25, 0.3) is 22.4 Å². The molecule has 1 fully saturated rings. The molecule has 1 saturated carbocycles. The lowest BCUT2D eigenvalue weighted by atomic mass is 10.0. The first-order chi connectivity index (χ1) is 12.0. The number of fused-ring (bicyclic) bond motifs is 1. The van der Waals surface area contributed by atoms with Gasteiger partial charge in [0.1, 0.15) is 11.4 Å². The summed E-state index contributed by atoms with van der Waals surface area (Å²) >= 11 is 0. The molecule has 0 spiro atoms. The van der Waals surface area contributed by atoms with Crippen molar-refractivity contribution in [3.05, 3.63) is 35.5 Å². The Labute approximate surface area is 145 Å². The number of methoxy groups -OCH3 is 1. The molecule has 0 atom stereocenters. The molecule has 4 rings (SSSR count). The Morgan fingerprint density at radius 3 is 2.68 bits per heavy atom. The third kappa shape index (κ3) is 2.95. The van der Waals surface area contributed by atoms with Crippen LogP contribution >= 0.6 is 0 Å². The first kappa shape index (κ1) is 15.6. The van der Waals surface area contributed by atoms with Crippen molar-refractivity contribution in [3.8, 4) is 17.2 Å². The van der Waals surface area contributed by atoms with E-state index in [1.807, 2.05) is 25.1 Å². The van der Waals surface area contributed by atoms with Gasteiger partial charge in [-0.05, 0) is 49.4 Å². The number of aromatic nitrogens is 2. The van der Waals surface area contributed by atoms with Crippen LogP contribution in [0.3, 0.4) is 0 Å². The largest absolute Gasteiger partial charge is 0.495 e. The standard InChI is InChI=1S/C19H19N3O3/c1-10-6-19(25-22-10)16-7-13(12-4-5-12)14-8-18(24-3)17(20-11(2)23)9-15(14)21-16/h6-9,12H,4-5H2,1-3H3,(H,20,23). The van der Waals surface area contributed by atoms with Crippen LogP contribution in [0, 0.1) is 6.92 Å². The fraction of sp³-hybridized carbons (Fsp3) is 0.316. The molecule has 6 heteroatoms. The second kappa shape index (κ2) is 5.88. The van der Waals surface area contributed by atoms with Gasteiger partial charge in [0, 0.05) is 18.4 Å². The molecule has 1 N–H and O–H groups in total. The minimum Gasteiger partial charge on any atom is -0.495 e. The molecule has 6 nitrogen and oxygen atoms in total. The molecule has 0 aliphatic heterocycles. The second-order valence-corrected chi connectivity index (χ2v) is 6.45. The monoisotopic (exact) mass is 337 g/mol. The van der Waals surface area contributed by atoms with Crippen LogP contribution in [-0.2, 0) is 4.79 Å². The predicted molar refractivity (Wildman–Crippen MR) is 94.8 cm³/mol. The number of anilines is 1. The molecule has 0 unspecified atom stereocenters. The van der Waals surface area contributed by atoms with Gasteiger partial charge in [-0.2, -0.15) is 0 Å². The van der Waals surface area contributed by atoms with Crippen molar-refractivity contribution in [3.63, 3.8) is 0 Å². The van der Waals surface area contributed by atoms with Gasteiger partial charge in [-0.3, -0.25) is 4.79 Å². The van der Waals surface area contributed by atoms with Crippen molar-refractivity contribution in [1.29, 1.82) is 0 Å². The summed E-state index contributed by atoms with van der Waals surface area (Å²) in [6, 6.07) is 7.77. The number of nitrogens with one attached hydrogen (secondary N) is 1. The van der Waals surface area contributed by atoms with Crippen molar-refractivity contribution in [2.75, 3.05) is 12.4 Å². The molecule has 0 radical (unpaired) electrons. The number of hydrogen-bond acceptors (Lipinski definition) is 5. The summed E-state index contributed by atoms with van der Waals surface area (Å²) in [5.41, 5.74) is 4.23. The third-order valence-corrected chi connectivity index (χ3v) is 4.37. The summed E-state index contributed by atoms with van der Waals surface area (Å²) in [4.78, 5) is 16.2. The van der Waals surface area contributed by atoms with Crippen LogP contribution in [0.1, 0.15) is 36.9 Å². The number of ether oxygens (including phenoxy) is 1. The molecular formula is C19H19N3O3. The quantitative estimate of drug-likeness (QED) is 0.777. The van der Waals surface area contributed by atoms with Gasteiger partial charge in [0.2, 0.25) is 5.91 Å². The molecule has 128 valence electrons. The Morgan fingerprint density at radius 1 is 1.28 bits per heavy atom. The zero-order chi connectivity index (χ0) is 17.6. The lowest BCUT2D eigenvalue weighted by molar-refractivity contribution is -0.114. The van der Waals surface area contributed by atoms with E-state index in [9.17, 15) is 4.79 Å². The van der Waals surface area contributed by atoms with E-state index < -0.39 is 0 Å². The van der Waals surface area contributed by atoms with Gasteiger partial charge in [0.25, 0.3) is 0 Å². The summed E-state index contributed by atoms with van der Waals surface area (Å²) < 4.78 is 10.8. The van der Waals surface area contributed by atoms with E-state index in [-0.39, 0.29) is 5.91 Å². The molecule has 1 aliphatic carbocycles. The third-order valence-electron chi connectivity index (χ3n) is 4.37. The van der Waals surface area contributed by atoms with Gasteiger partial charge >= 0.3 is 0 Å². The molecule has 1 aromatic carbocycles. The van der Waals surface area contributed by atoms with Crippen molar-refractivity contribution >= 4 is 22.5 Å². The van der Waals surface area contributed by atoms with Crippen LogP contribution in [0.5, 0.6) is 5.75 Å². The molecule has 3 aromatic rings. The Balaban J connectivity index is 1.93. The highest BCUT2D eigenvalue weighted by molar-refractivity contribution is 5.96. The van der Waals surface area contributed by atoms with E-state index in [1.165, 1.54) is 25.3 Å². The number of amides is 1. The first-order valence-electron chi connectivity index (χ1n) is 8.29. The average Bonchev–Trinajstić information content (AvgIpc) is 3.33. The summed E-state index contributed by atoms with van der Waals surface area (Å²) in [6.45, 7) is 3.36. The van der Waals surface area contributed by atoms with Crippen molar-refractivity contribution in [1.82, 2.24) is 10.1 Å². The number of hydrogen-bond donors (Lipinski definition) is 1. The van der Waals surface area contributed by atoms with Crippen molar-refractivity contribution in [2.24, 2.45) is 0 Å². The maximum absolute atomic E-state index is 11.5. The smallest absolute Gasteiger partial charge is 0.221 e. The van der Waals surface area contributed by atoms with E-state index in [0.717, 1.165) is 22.3 Å². The molecule has 0 saturated heterocycles. The average molecular weight is 337 g/mol. The van der Waals surface area contributed by atoms with E-state index in [2.05, 4.69) is 16.5 Å². The van der Waals surface area contributed by atoms with Crippen LogP contribution in [-0.4, -0.2) is 23.2 Å². The summed E-state index contributed by atoms with van der Waals surface area (Å²) in [5, 5.41) is 7.81. The molecule has 2 aromatic heterocycles. The van der Waals surface area contributed by atoms with Gasteiger partial charge in [0.05, 0.1) is 24.0 Å². The zero-order valence-electron chi connectivity index (χ0n) is 14.4. The normalized spacial score (nSPS) is 13.9.